The second-order valence-corrected chi connectivity index (χ2v) is 1.91. The predicted molar refractivity (Wildman–Crippen MR) is 38.8 cm³/mol. The zero-order valence-corrected chi connectivity index (χ0v) is 7.12. The molecule has 0 rings (SSSR count). The van der Waals surface area contributed by atoms with Gasteiger partial charge in [0, 0.05) is 27.9 Å². The number of rotatable bonds is 1. The van der Waals surface area contributed by atoms with Gasteiger partial charge in [0.2, 0.25) is 0 Å². The van der Waals surface area contributed by atoms with Gasteiger partial charge >= 0.3 is 5.97 Å². The molecule has 0 unspecified atom stereocenters. The van der Waals surface area contributed by atoms with Crippen LogP contribution >= 0.6 is 0 Å². The number of aliphatic carboxylic acids is 1. The number of carbonyl (C=O) groups excluding carboxylic acids is 1. The Morgan fingerprint density at radius 1 is 1.27 bits per heavy atom. The van der Waals surface area contributed by atoms with Gasteiger partial charge in [-0.2, -0.15) is 0 Å². The molecule has 0 heterocycles. The van der Waals surface area contributed by atoms with Crippen LogP contribution in [0.1, 0.15) is 13.8 Å². The molecule has 0 radical (unpaired) electrons. The number of carbonyl (C=O) groups is 2. The Hall–Kier alpha value is -1.10. The molecule has 5 nitrogen and oxygen atoms in total. The van der Waals surface area contributed by atoms with Crippen LogP contribution in [0.25, 0.3) is 0 Å². The molecule has 0 atom stereocenters. The lowest BCUT2D eigenvalue weighted by Gasteiger charge is -2.05. The first-order valence-corrected chi connectivity index (χ1v) is 2.91. The minimum Gasteiger partial charge on any atom is -0.481 e. The van der Waals surface area contributed by atoms with Gasteiger partial charge in [0.25, 0.3) is 5.97 Å². The number of nitrogens with zero attached hydrogens (tertiary/aromatic N) is 1. The fourth-order valence-corrected chi connectivity index (χ4v) is 0.257. The highest BCUT2D eigenvalue weighted by Gasteiger charge is 1.90. The standard InChI is InChI=1S/C4H9NO2.C2H4O2/c1-4(6)7-5(2)3;1-2(3)4/h1-3H3;1H3,(H,3,4). The highest BCUT2D eigenvalue weighted by molar-refractivity contribution is 5.65. The van der Waals surface area contributed by atoms with Crippen LogP contribution in [0.5, 0.6) is 0 Å². The molecule has 0 bridgehead atoms. The summed E-state index contributed by atoms with van der Waals surface area (Å²) in [5.41, 5.74) is 0. The van der Waals surface area contributed by atoms with Gasteiger partial charge in [-0.1, -0.05) is 0 Å². The average Bonchev–Trinajstić information content (AvgIpc) is 1.56. The van der Waals surface area contributed by atoms with Gasteiger partial charge in [-0.05, 0) is 0 Å². The lowest BCUT2D eigenvalue weighted by atomic mass is 10.8. The minimum absolute atomic E-state index is 0.287. The molecule has 0 amide bonds. The summed E-state index contributed by atoms with van der Waals surface area (Å²) < 4.78 is 0. The van der Waals surface area contributed by atoms with E-state index in [2.05, 4.69) is 4.84 Å². The summed E-state index contributed by atoms with van der Waals surface area (Å²) in [6, 6.07) is 0. The van der Waals surface area contributed by atoms with Crippen LogP contribution in [-0.4, -0.2) is 36.2 Å². The maximum absolute atomic E-state index is 9.99. The molecule has 5 heteroatoms. The fraction of sp³-hybridized carbons (Fsp3) is 0.667. The number of hydroxylamine groups is 2. The largest absolute Gasteiger partial charge is 0.481 e. The van der Waals surface area contributed by atoms with Gasteiger partial charge < -0.3 is 9.94 Å². The molecule has 0 aromatic carbocycles. The van der Waals surface area contributed by atoms with Gasteiger partial charge in [-0.3, -0.25) is 9.59 Å². The Balaban J connectivity index is 0. The third-order valence-electron chi connectivity index (χ3n) is 0.311. The minimum atomic E-state index is -0.833. The first kappa shape index (κ1) is 12.6. The first-order valence-electron chi connectivity index (χ1n) is 2.91. The van der Waals surface area contributed by atoms with Crippen LogP contribution in [0.3, 0.4) is 0 Å². The van der Waals surface area contributed by atoms with Gasteiger partial charge in [0.05, 0.1) is 0 Å². The molecule has 0 aliphatic rings. The summed E-state index contributed by atoms with van der Waals surface area (Å²) >= 11 is 0. The molecule has 66 valence electrons. The smallest absolute Gasteiger partial charge is 0.321 e. The van der Waals surface area contributed by atoms with Crippen LogP contribution in [0.4, 0.5) is 0 Å². The Morgan fingerprint density at radius 2 is 1.55 bits per heavy atom. The molecule has 0 aromatic rings. The van der Waals surface area contributed by atoms with Crippen LogP contribution in [0.15, 0.2) is 0 Å². The molecule has 11 heavy (non-hydrogen) atoms. The van der Waals surface area contributed by atoms with E-state index in [0.717, 1.165) is 6.92 Å². The molecule has 0 spiro atoms. The van der Waals surface area contributed by atoms with E-state index in [4.69, 9.17) is 9.90 Å². The Kier molecular flexibility index (Phi) is 8.01. The number of carboxylic acid groups (broad SMARTS) is 1. The van der Waals surface area contributed by atoms with E-state index in [1.807, 2.05) is 0 Å². The summed E-state index contributed by atoms with van der Waals surface area (Å²) in [5.74, 6) is -1.12. The van der Waals surface area contributed by atoms with Crippen molar-refractivity contribution in [3.63, 3.8) is 0 Å². The van der Waals surface area contributed by atoms with Crippen LogP contribution in [0, 0.1) is 0 Å². The summed E-state index contributed by atoms with van der Waals surface area (Å²) in [6.07, 6.45) is 0. The molecular weight excluding hydrogens is 150 g/mol. The highest BCUT2D eigenvalue weighted by atomic mass is 16.7. The Morgan fingerprint density at radius 3 is 1.55 bits per heavy atom. The van der Waals surface area contributed by atoms with Crippen molar-refractivity contribution in [1.82, 2.24) is 5.06 Å². The fourth-order valence-electron chi connectivity index (χ4n) is 0.257. The molecule has 1 N–H and O–H groups in total. The van der Waals surface area contributed by atoms with Crippen molar-refractivity contribution in [2.75, 3.05) is 14.1 Å². The number of hydrogen-bond donors (Lipinski definition) is 1. The van der Waals surface area contributed by atoms with E-state index < -0.39 is 5.97 Å². The van der Waals surface area contributed by atoms with E-state index in [-0.39, 0.29) is 5.97 Å². The lowest BCUT2D eigenvalue weighted by Crippen LogP contribution is -2.15. The SMILES string of the molecule is CC(=O)O.CC(=O)ON(C)C. The van der Waals surface area contributed by atoms with E-state index in [1.54, 1.807) is 14.1 Å². The second kappa shape index (κ2) is 7.01. The van der Waals surface area contributed by atoms with Crippen LogP contribution in [-0.2, 0) is 14.4 Å². The number of hydrogen-bond acceptors (Lipinski definition) is 4. The summed E-state index contributed by atoms with van der Waals surface area (Å²) in [4.78, 5) is 23.4. The molecule has 0 saturated heterocycles. The Labute approximate surface area is 65.5 Å². The molecule has 0 saturated carbocycles. The topological polar surface area (TPSA) is 66.8 Å². The van der Waals surface area contributed by atoms with Gasteiger partial charge in [-0.15, -0.1) is 5.06 Å². The van der Waals surface area contributed by atoms with E-state index in [9.17, 15) is 4.79 Å². The second-order valence-electron chi connectivity index (χ2n) is 1.91. The highest BCUT2D eigenvalue weighted by Crippen LogP contribution is 1.76. The van der Waals surface area contributed by atoms with E-state index >= 15 is 0 Å². The monoisotopic (exact) mass is 163 g/mol. The quantitative estimate of drug-likeness (QED) is 0.556. The average molecular weight is 163 g/mol. The van der Waals surface area contributed by atoms with Crippen molar-refractivity contribution in [1.29, 1.82) is 0 Å². The summed E-state index contributed by atoms with van der Waals surface area (Å²) in [6.45, 7) is 2.44. The molecular formula is C6H13NO4. The van der Waals surface area contributed by atoms with Crippen molar-refractivity contribution in [2.24, 2.45) is 0 Å². The van der Waals surface area contributed by atoms with Crippen molar-refractivity contribution < 1.29 is 19.5 Å². The van der Waals surface area contributed by atoms with Crippen LogP contribution < -0.4 is 0 Å². The summed E-state index contributed by atoms with van der Waals surface area (Å²) in [7, 11) is 3.31. The number of carboxylic acids is 1. The maximum Gasteiger partial charge on any atom is 0.321 e. The lowest BCUT2D eigenvalue weighted by molar-refractivity contribution is -0.175. The van der Waals surface area contributed by atoms with E-state index in [0.29, 0.717) is 0 Å². The predicted octanol–water partition coefficient (Wildman–Crippen LogP) is 0.117. The van der Waals surface area contributed by atoms with Crippen molar-refractivity contribution in [3.8, 4) is 0 Å². The zero-order valence-electron chi connectivity index (χ0n) is 7.12. The van der Waals surface area contributed by atoms with Crippen LogP contribution in [0.2, 0.25) is 0 Å². The molecule has 0 aliphatic carbocycles. The van der Waals surface area contributed by atoms with E-state index in [1.165, 1.54) is 12.0 Å². The summed E-state index contributed by atoms with van der Waals surface area (Å²) in [5, 5.41) is 8.77. The van der Waals surface area contributed by atoms with Crippen molar-refractivity contribution in [2.45, 2.75) is 13.8 Å². The Bertz CT molecular complexity index is 129. The van der Waals surface area contributed by atoms with Gasteiger partial charge in [0.15, 0.2) is 0 Å². The van der Waals surface area contributed by atoms with Crippen molar-refractivity contribution >= 4 is 11.9 Å². The molecule has 0 aromatic heterocycles. The third-order valence-corrected chi connectivity index (χ3v) is 0.311. The molecule has 0 aliphatic heterocycles. The normalized spacial score (nSPS) is 8.09. The van der Waals surface area contributed by atoms with Gasteiger partial charge in [0.1, 0.15) is 0 Å². The first-order chi connectivity index (χ1) is 4.86. The molecule has 0 fully saturated rings. The maximum atomic E-state index is 9.99. The zero-order chi connectivity index (χ0) is 9.44. The van der Waals surface area contributed by atoms with Crippen molar-refractivity contribution in [3.05, 3.63) is 0 Å². The van der Waals surface area contributed by atoms with Gasteiger partial charge in [-0.25, -0.2) is 0 Å². The third kappa shape index (κ3) is 50.4.